The van der Waals surface area contributed by atoms with Crippen LogP contribution in [0.2, 0.25) is 0 Å². The van der Waals surface area contributed by atoms with E-state index in [1.54, 1.807) is 25.1 Å². The van der Waals surface area contributed by atoms with E-state index in [1.165, 1.54) is 12.5 Å². The van der Waals surface area contributed by atoms with Crippen LogP contribution in [0.25, 0.3) is 0 Å². The fraction of sp³-hybridized carbons (Fsp3) is 0.562. The van der Waals surface area contributed by atoms with E-state index in [2.05, 4.69) is 5.32 Å². The Hall–Kier alpha value is -1.42. The number of nitrogens with one attached hydrogen (secondary N) is 1. The number of carbonyl (C=O) groups excluding carboxylic acids is 1. The lowest BCUT2D eigenvalue weighted by Crippen LogP contribution is -2.46. The maximum atomic E-state index is 13.6. The van der Waals surface area contributed by atoms with Gasteiger partial charge in [0, 0.05) is 17.5 Å². The molecule has 0 aliphatic heterocycles. The molecule has 1 aromatic rings. The van der Waals surface area contributed by atoms with Gasteiger partial charge >= 0.3 is 0 Å². The minimum absolute atomic E-state index is 0.0925. The van der Waals surface area contributed by atoms with E-state index in [0.717, 1.165) is 25.7 Å². The van der Waals surface area contributed by atoms with Crippen molar-refractivity contribution in [2.45, 2.75) is 57.0 Å². The van der Waals surface area contributed by atoms with Crippen LogP contribution in [0.3, 0.4) is 0 Å². The summed E-state index contributed by atoms with van der Waals surface area (Å²) in [5.74, 6) is -0.384. The van der Waals surface area contributed by atoms with Crippen molar-refractivity contribution in [2.24, 2.45) is 5.73 Å². The molecule has 3 nitrogen and oxygen atoms in total. The molecule has 20 heavy (non-hydrogen) atoms. The second kappa shape index (κ2) is 6.35. The lowest BCUT2D eigenvalue weighted by atomic mass is 9.80. The number of hydrogen-bond donors (Lipinski definition) is 2. The van der Waals surface area contributed by atoms with Crippen LogP contribution >= 0.6 is 0 Å². The van der Waals surface area contributed by atoms with Crippen molar-refractivity contribution in [3.05, 3.63) is 35.6 Å². The van der Waals surface area contributed by atoms with Crippen LogP contribution in [-0.4, -0.2) is 11.4 Å². The molecule has 0 heterocycles. The highest BCUT2D eigenvalue weighted by Crippen LogP contribution is 2.29. The SMILES string of the molecule is C[C@@H](NC(=O)CC1(N)CCCCC1)c1ccccc1F. The van der Waals surface area contributed by atoms with Crippen molar-refractivity contribution in [3.8, 4) is 0 Å². The Morgan fingerprint density at radius 2 is 2.00 bits per heavy atom. The zero-order valence-corrected chi connectivity index (χ0v) is 12.0. The lowest BCUT2D eigenvalue weighted by Gasteiger charge is -2.33. The average molecular weight is 278 g/mol. The third-order valence-electron chi connectivity index (χ3n) is 4.11. The first-order valence-corrected chi connectivity index (χ1v) is 7.33. The summed E-state index contributed by atoms with van der Waals surface area (Å²) in [5.41, 5.74) is 6.40. The molecule has 1 amide bonds. The number of benzene rings is 1. The summed E-state index contributed by atoms with van der Waals surface area (Å²) in [6.07, 6.45) is 5.50. The smallest absolute Gasteiger partial charge is 0.222 e. The lowest BCUT2D eigenvalue weighted by molar-refractivity contribution is -0.123. The average Bonchev–Trinajstić information content (AvgIpc) is 2.39. The summed E-state index contributed by atoms with van der Waals surface area (Å²) < 4.78 is 13.6. The summed E-state index contributed by atoms with van der Waals surface area (Å²) in [6.45, 7) is 1.79. The Kier molecular flexibility index (Phi) is 4.76. The number of nitrogens with two attached hydrogens (primary N) is 1. The first-order chi connectivity index (χ1) is 9.50. The van der Waals surface area contributed by atoms with Gasteiger partial charge in [-0.15, -0.1) is 0 Å². The Labute approximate surface area is 119 Å². The fourth-order valence-corrected chi connectivity index (χ4v) is 2.95. The minimum atomic E-state index is -0.378. The quantitative estimate of drug-likeness (QED) is 0.889. The Morgan fingerprint density at radius 3 is 2.65 bits per heavy atom. The van der Waals surface area contributed by atoms with Crippen molar-refractivity contribution < 1.29 is 9.18 Å². The molecule has 4 heteroatoms. The van der Waals surface area contributed by atoms with Gasteiger partial charge in [-0.1, -0.05) is 37.5 Å². The molecule has 0 aromatic heterocycles. The van der Waals surface area contributed by atoms with Crippen LogP contribution < -0.4 is 11.1 Å². The van der Waals surface area contributed by atoms with Crippen LogP contribution in [-0.2, 0) is 4.79 Å². The van der Waals surface area contributed by atoms with Crippen LogP contribution in [0.15, 0.2) is 24.3 Å². The van der Waals surface area contributed by atoms with E-state index in [-0.39, 0.29) is 23.3 Å². The van der Waals surface area contributed by atoms with Gasteiger partial charge in [0.2, 0.25) is 5.91 Å². The second-order valence-electron chi connectivity index (χ2n) is 5.91. The van der Waals surface area contributed by atoms with E-state index >= 15 is 0 Å². The predicted molar refractivity (Wildman–Crippen MR) is 77.6 cm³/mol. The number of rotatable bonds is 4. The van der Waals surface area contributed by atoms with E-state index in [4.69, 9.17) is 5.73 Å². The number of carbonyl (C=O) groups is 1. The third-order valence-corrected chi connectivity index (χ3v) is 4.11. The first kappa shape index (κ1) is 15.0. The molecular formula is C16H23FN2O. The normalized spacial score (nSPS) is 19.4. The van der Waals surface area contributed by atoms with Crippen molar-refractivity contribution in [1.82, 2.24) is 5.32 Å². The van der Waals surface area contributed by atoms with Crippen molar-refractivity contribution in [2.75, 3.05) is 0 Å². The Morgan fingerprint density at radius 1 is 1.35 bits per heavy atom. The number of amides is 1. The maximum Gasteiger partial charge on any atom is 0.222 e. The maximum absolute atomic E-state index is 13.6. The van der Waals surface area contributed by atoms with Gasteiger partial charge in [-0.25, -0.2) is 4.39 Å². The largest absolute Gasteiger partial charge is 0.349 e. The summed E-state index contributed by atoms with van der Waals surface area (Å²) in [7, 11) is 0. The standard InChI is InChI=1S/C16H23FN2O/c1-12(13-7-3-4-8-14(13)17)19-15(20)11-16(18)9-5-2-6-10-16/h3-4,7-8,12H,2,5-6,9-11,18H2,1H3,(H,19,20)/t12-/m1/s1. The minimum Gasteiger partial charge on any atom is -0.349 e. The van der Waals surface area contributed by atoms with Gasteiger partial charge in [-0.2, -0.15) is 0 Å². The molecule has 0 spiro atoms. The van der Waals surface area contributed by atoms with Gasteiger partial charge in [-0.05, 0) is 25.8 Å². The van der Waals surface area contributed by atoms with Crippen molar-refractivity contribution in [3.63, 3.8) is 0 Å². The Balaban J connectivity index is 1.92. The highest BCUT2D eigenvalue weighted by Gasteiger charge is 2.30. The molecule has 1 aromatic carbocycles. The van der Waals surface area contributed by atoms with Crippen molar-refractivity contribution in [1.29, 1.82) is 0 Å². The van der Waals surface area contributed by atoms with Gasteiger partial charge < -0.3 is 11.1 Å². The molecule has 0 radical (unpaired) electrons. The van der Waals surface area contributed by atoms with Gasteiger partial charge in [0.05, 0.1) is 6.04 Å². The number of hydrogen-bond acceptors (Lipinski definition) is 2. The monoisotopic (exact) mass is 278 g/mol. The van der Waals surface area contributed by atoms with Gasteiger partial charge in [0.1, 0.15) is 5.82 Å². The van der Waals surface area contributed by atoms with Gasteiger partial charge in [-0.3, -0.25) is 4.79 Å². The third kappa shape index (κ3) is 3.79. The second-order valence-corrected chi connectivity index (χ2v) is 5.91. The topological polar surface area (TPSA) is 55.1 Å². The summed E-state index contributed by atoms with van der Waals surface area (Å²) >= 11 is 0. The molecule has 1 atom stereocenters. The van der Waals surface area contributed by atoms with E-state index in [0.29, 0.717) is 12.0 Å². The van der Waals surface area contributed by atoms with Gasteiger partial charge in [0.15, 0.2) is 0 Å². The molecule has 110 valence electrons. The van der Waals surface area contributed by atoms with Crippen LogP contribution in [0.1, 0.15) is 57.1 Å². The molecule has 2 rings (SSSR count). The zero-order valence-electron chi connectivity index (χ0n) is 12.0. The molecule has 1 aliphatic rings. The van der Waals surface area contributed by atoms with Gasteiger partial charge in [0.25, 0.3) is 0 Å². The molecule has 1 fully saturated rings. The summed E-state index contributed by atoms with van der Waals surface area (Å²) in [4.78, 5) is 12.1. The Bertz CT molecular complexity index is 469. The summed E-state index contributed by atoms with van der Waals surface area (Å²) in [6, 6.07) is 6.18. The van der Waals surface area contributed by atoms with E-state index in [1.807, 2.05) is 0 Å². The molecule has 1 saturated carbocycles. The summed E-state index contributed by atoms with van der Waals surface area (Å²) in [5, 5.41) is 2.85. The first-order valence-electron chi connectivity index (χ1n) is 7.33. The molecule has 3 N–H and O–H groups in total. The van der Waals surface area contributed by atoms with E-state index < -0.39 is 0 Å². The predicted octanol–water partition coefficient (Wildman–Crippen LogP) is 3.05. The van der Waals surface area contributed by atoms with E-state index in [9.17, 15) is 9.18 Å². The highest BCUT2D eigenvalue weighted by molar-refractivity contribution is 5.77. The van der Waals surface area contributed by atoms with Crippen LogP contribution in [0.5, 0.6) is 0 Å². The molecule has 0 bridgehead atoms. The molecule has 1 aliphatic carbocycles. The zero-order chi connectivity index (χ0) is 14.6. The van der Waals surface area contributed by atoms with Crippen molar-refractivity contribution >= 4 is 5.91 Å². The molecule has 0 unspecified atom stereocenters. The molecule has 0 saturated heterocycles. The van der Waals surface area contributed by atoms with Crippen LogP contribution in [0.4, 0.5) is 4.39 Å². The molecular weight excluding hydrogens is 255 g/mol. The number of halogens is 1. The fourth-order valence-electron chi connectivity index (χ4n) is 2.95. The highest BCUT2D eigenvalue weighted by atomic mass is 19.1. The van der Waals surface area contributed by atoms with Crippen LogP contribution in [0, 0.1) is 5.82 Å².